The Morgan fingerprint density at radius 2 is 1.75 bits per heavy atom. The Balaban J connectivity index is 1.53. The zero-order chi connectivity index (χ0) is 22.8. The third-order valence-corrected chi connectivity index (χ3v) is 5.32. The molecule has 0 bridgehead atoms. The maximum absolute atomic E-state index is 12.7. The average Bonchev–Trinajstić information content (AvgIpc) is 3.32. The molecule has 0 saturated carbocycles. The number of anilines is 2. The van der Waals surface area contributed by atoms with Gasteiger partial charge in [0.25, 0.3) is 5.91 Å². The molecule has 2 aromatic carbocycles. The minimum atomic E-state index is -0.744. The van der Waals surface area contributed by atoms with Crippen LogP contribution in [0, 0.1) is 6.92 Å². The first-order valence-electron chi connectivity index (χ1n) is 10.0. The van der Waals surface area contributed by atoms with Crippen LogP contribution in [-0.2, 0) is 9.59 Å². The van der Waals surface area contributed by atoms with Crippen LogP contribution >= 0.6 is 0 Å². The molecule has 0 spiro atoms. The molecule has 2 N–H and O–H groups in total. The smallest absolute Gasteiger partial charge is 0.251 e. The quantitative estimate of drug-likeness (QED) is 0.588. The lowest BCUT2D eigenvalue weighted by atomic mass is 10.1. The third-order valence-electron chi connectivity index (χ3n) is 5.32. The number of nitrogens with one attached hydrogen (secondary N) is 2. The normalized spacial score (nSPS) is 14.5. The lowest BCUT2D eigenvalue weighted by Crippen LogP contribution is -2.23. The van der Waals surface area contributed by atoms with Gasteiger partial charge in [0.1, 0.15) is 11.9 Å². The van der Waals surface area contributed by atoms with E-state index in [-0.39, 0.29) is 18.2 Å². The number of benzene rings is 2. The molecule has 1 aromatic heterocycles. The summed E-state index contributed by atoms with van der Waals surface area (Å²) in [6, 6.07) is 10.5. The van der Waals surface area contributed by atoms with Crippen LogP contribution in [0.2, 0.25) is 0 Å². The van der Waals surface area contributed by atoms with Gasteiger partial charge >= 0.3 is 0 Å². The van der Waals surface area contributed by atoms with Gasteiger partial charge in [-0.25, -0.2) is 4.68 Å². The largest absolute Gasteiger partial charge is 0.493 e. The number of carbonyl (C=O) groups is 2. The molecule has 0 radical (unpaired) electrons. The summed E-state index contributed by atoms with van der Waals surface area (Å²) in [5.41, 5.74) is 3.36. The van der Waals surface area contributed by atoms with Crippen molar-refractivity contribution < 1.29 is 23.8 Å². The number of hydrogen-bond acceptors (Lipinski definition) is 6. The van der Waals surface area contributed by atoms with Crippen molar-refractivity contribution in [2.24, 2.45) is 0 Å². The first-order chi connectivity index (χ1) is 15.4. The van der Waals surface area contributed by atoms with Gasteiger partial charge in [-0.15, -0.1) is 0 Å². The van der Waals surface area contributed by atoms with E-state index >= 15 is 0 Å². The zero-order valence-corrected chi connectivity index (χ0v) is 18.3. The van der Waals surface area contributed by atoms with Crippen molar-refractivity contribution in [2.75, 3.05) is 32.0 Å². The summed E-state index contributed by atoms with van der Waals surface area (Å²) in [7, 11) is 4.50. The summed E-state index contributed by atoms with van der Waals surface area (Å²) in [4.78, 5) is 25.3. The number of aryl methyl sites for hydroxylation is 1. The maximum Gasteiger partial charge on any atom is 0.251 e. The van der Waals surface area contributed by atoms with E-state index in [1.165, 1.54) is 21.3 Å². The van der Waals surface area contributed by atoms with Crippen molar-refractivity contribution >= 4 is 23.3 Å². The van der Waals surface area contributed by atoms with Gasteiger partial charge in [-0.05, 0) is 12.5 Å². The van der Waals surface area contributed by atoms with E-state index in [0.29, 0.717) is 28.8 Å². The third kappa shape index (κ3) is 3.84. The highest BCUT2D eigenvalue weighted by Crippen LogP contribution is 2.40. The van der Waals surface area contributed by atoms with Gasteiger partial charge < -0.3 is 24.8 Å². The first kappa shape index (κ1) is 21.2. The predicted molar refractivity (Wildman–Crippen MR) is 119 cm³/mol. The molecule has 1 aliphatic heterocycles. The predicted octanol–water partition coefficient (Wildman–Crippen LogP) is 3.41. The van der Waals surface area contributed by atoms with Crippen LogP contribution in [0.5, 0.6) is 17.2 Å². The van der Waals surface area contributed by atoms with E-state index in [4.69, 9.17) is 14.2 Å². The van der Waals surface area contributed by atoms with Gasteiger partial charge in [0, 0.05) is 23.4 Å². The Bertz CT molecular complexity index is 1140. The summed E-state index contributed by atoms with van der Waals surface area (Å²) in [6.07, 6.45) is 1.62. The van der Waals surface area contributed by atoms with Crippen molar-refractivity contribution in [1.82, 2.24) is 9.78 Å². The number of rotatable bonds is 7. The number of aromatic nitrogens is 2. The molecule has 9 heteroatoms. The number of nitrogens with zero attached hydrogens (tertiary/aromatic N) is 2. The molecule has 32 heavy (non-hydrogen) atoms. The summed E-state index contributed by atoms with van der Waals surface area (Å²) in [5, 5.41) is 10.0. The maximum atomic E-state index is 12.7. The van der Waals surface area contributed by atoms with Crippen molar-refractivity contribution in [3.8, 4) is 28.4 Å². The van der Waals surface area contributed by atoms with Gasteiger partial charge in [0.15, 0.2) is 11.5 Å². The average molecular weight is 436 g/mol. The molecular weight excluding hydrogens is 412 g/mol. The second kappa shape index (κ2) is 8.62. The molecule has 9 nitrogen and oxygen atoms in total. The van der Waals surface area contributed by atoms with Crippen molar-refractivity contribution in [1.29, 1.82) is 0 Å². The number of fused-ring (bicyclic) bond motifs is 1. The molecular formula is C23H24N4O5. The fourth-order valence-corrected chi connectivity index (χ4v) is 3.70. The van der Waals surface area contributed by atoms with Crippen LogP contribution in [0.1, 0.15) is 18.0 Å². The topological polar surface area (TPSA) is 104 Å². The van der Waals surface area contributed by atoms with E-state index < -0.39 is 6.04 Å². The fraction of sp³-hybridized carbons (Fsp3) is 0.261. The van der Waals surface area contributed by atoms with Gasteiger partial charge in [0.2, 0.25) is 11.7 Å². The molecule has 1 atom stereocenters. The minimum absolute atomic E-state index is 0.0789. The van der Waals surface area contributed by atoms with E-state index in [1.807, 2.05) is 31.2 Å². The Morgan fingerprint density at radius 3 is 2.34 bits per heavy atom. The number of ether oxygens (including phenoxy) is 3. The molecule has 1 aliphatic rings. The Labute approximate surface area is 185 Å². The van der Waals surface area contributed by atoms with Crippen molar-refractivity contribution in [2.45, 2.75) is 19.4 Å². The number of carbonyl (C=O) groups excluding carboxylic acids is 2. The molecule has 2 amide bonds. The van der Waals surface area contributed by atoms with Crippen molar-refractivity contribution in [3.63, 3.8) is 0 Å². The fourth-order valence-electron chi connectivity index (χ4n) is 3.70. The van der Waals surface area contributed by atoms with E-state index in [9.17, 15) is 9.59 Å². The standard InChI is InChI=1S/C23H24N4O5/c1-13-5-7-14(8-6-13)16-12-24-27-17(23(29)26-22(16)27)11-20(28)25-15-9-18(30-2)21(32-4)19(10-15)31-3/h5-10,12,17H,11H2,1-4H3,(H,25,28)(H,26,29). The Morgan fingerprint density at radius 1 is 1.09 bits per heavy atom. The number of amides is 2. The molecule has 0 saturated heterocycles. The summed E-state index contributed by atoms with van der Waals surface area (Å²) < 4.78 is 17.5. The van der Waals surface area contributed by atoms with Crippen LogP contribution in [0.25, 0.3) is 11.1 Å². The van der Waals surface area contributed by atoms with Gasteiger partial charge in [-0.3, -0.25) is 9.59 Å². The van der Waals surface area contributed by atoms with Gasteiger partial charge in [-0.2, -0.15) is 5.10 Å². The molecule has 0 aliphatic carbocycles. The second-order valence-corrected chi connectivity index (χ2v) is 7.39. The molecule has 0 fully saturated rings. The highest BCUT2D eigenvalue weighted by molar-refractivity contribution is 6.04. The van der Waals surface area contributed by atoms with Crippen LogP contribution in [-0.4, -0.2) is 42.9 Å². The summed E-state index contributed by atoms with van der Waals surface area (Å²) >= 11 is 0. The Hall–Kier alpha value is -4.01. The molecule has 166 valence electrons. The first-order valence-corrected chi connectivity index (χ1v) is 10.0. The van der Waals surface area contributed by atoms with Gasteiger partial charge in [-0.1, -0.05) is 29.8 Å². The lowest BCUT2D eigenvalue weighted by Gasteiger charge is -2.15. The molecule has 1 unspecified atom stereocenters. The highest BCUT2D eigenvalue weighted by Gasteiger charge is 2.35. The monoisotopic (exact) mass is 436 g/mol. The van der Waals surface area contributed by atoms with E-state index in [2.05, 4.69) is 15.7 Å². The Kier molecular flexibility index (Phi) is 5.72. The molecule has 4 rings (SSSR count). The van der Waals surface area contributed by atoms with E-state index in [1.54, 1.807) is 23.0 Å². The van der Waals surface area contributed by atoms with Crippen molar-refractivity contribution in [3.05, 3.63) is 48.2 Å². The highest BCUT2D eigenvalue weighted by atomic mass is 16.5. The van der Waals surface area contributed by atoms with Gasteiger partial charge in [0.05, 0.1) is 33.9 Å². The zero-order valence-electron chi connectivity index (χ0n) is 18.3. The number of hydrogen-bond donors (Lipinski definition) is 2. The molecule has 3 aromatic rings. The summed E-state index contributed by atoms with van der Waals surface area (Å²) in [5.74, 6) is 1.22. The second-order valence-electron chi connectivity index (χ2n) is 7.39. The van der Waals surface area contributed by atoms with E-state index in [0.717, 1.165) is 16.7 Å². The SMILES string of the molecule is COc1cc(NC(=O)CC2C(=O)Nc3c(-c4ccc(C)cc4)cnn32)cc(OC)c1OC. The van der Waals surface area contributed by atoms with Crippen LogP contribution < -0.4 is 24.8 Å². The minimum Gasteiger partial charge on any atom is -0.493 e. The molecule has 2 heterocycles. The lowest BCUT2D eigenvalue weighted by molar-refractivity contribution is -0.123. The van der Waals surface area contributed by atoms with Crippen LogP contribution in [0.3, 0.4) is 0 Å². The summed E-state index contributed by atoms with van der Waals surface area (Å²) in [6.45, 7) is 2.01. The number of methoxy groups -OCH3 is 3. The van der Waals surface area contributed by atoms with Crippen LogP contribution in [0.4, 0.5) is 11.5 Å². The van der Waals surface area contributed by atoms with Crippen LogP contribution in [0.15, 0.2) is 42.6 Å².